The van der Waals surface area contributed by atoms with Crippen molar-refractivity contribution in [2.24, 2.45) is 0 Å². The molecule has 0 saturated heterocycles. The Kier molecular flexibility index (Phi) is 4.19. The number of anilines is 1. The van der Waals surface area contributed by atoms with Gasteiger partial charge in [-0.1, -0.05) is 60.7 Å². The second kappa shape index (κ2) is 6.06. The van der Waals surface area contributed by atoms with Crippen molar-refractivity contribution in [3.05, 3.63) is 72.3 Å². The molecule has 92 valence electrons. The average Bonchev–Trinajstić information content (AvgIpc) is 2.46. The Morgan fingerprint density at radius 3 is 2.06 bits per heavy atom. The zero-order chi connectivity index (χ0) is 12.8. The summed E-state index contributed by atoms with van der Waals surface area (Å²) in [5.74, 6) is 0. The molecule has 0 aliphatic rings. The Balaban J connectivity index is 2.04. The topological polar surface area (TPSA) is 3.24 Å². The van der Waals surface area contributed by atoms with Crippen LogP contribution >= 0.6 is 0 Å². The Labute approximate surface area is 109 Å². The van der Waals surface area contributed by atoms with Crippen LogP contribution in [0.4, 0.5) is 5.69 Å². The minimum Gasteiger partial charge on any atom is -0.368 e. The fraction of sp³-hybridized carbons (Fsp3) is 0.176. The van der Waals surface area contributed by atoms with E-state index in [1.54, 1.807) is 0 Å². The molecule has 18 heavy (non-hydrogen) atoms. The maximum atomic E-state index is 2.26. The van der Waals surface area contributed by atoms with Crippen LogP contribution in [0.2, 0.25) is 0 Å². The first-order valence-corrected chi connectivity index (χ1v) is 6.28. The number of nitrogens with zero attached hydrogens (tertiary/aromatic N) is 1. The van der Waals surface area contributed by atoms with E-state index in [1.165, 1.54) is 11.3 Å². The van der Waals surface area contributed by atoms with Crippen molar-refractivity contribution in [1.29, 1.82) is 0 Å². The highest BCUT2D eigenvalue weighted by Crippen LogP contribution is 2.15. The molecule has 0 saturated carbocycles. The third kappa shape index (κ3) is 3.24. The van der Waals surface area contributed by atoms with Crippen molar-refractivity contribution < 1.29 is 0 Å². The molecule has 1 atom stereocenters. The molecule has 0 N–H and O–H groups in total. The number of hydrogen-bond acceptors (Lipinski definition) is 1. The molecular formula is C17H19N. The van der Waals surface area contributed by atoms with Crippen molar-refractivity contribution in [1.82, 2.24) is 0 Å². The van der Waals surface area contributed by atoms with Gasteiger partial charge in [-0.15, -0.1) is 0 Å². The van der Waals surface area contributed by atoms with Crippen LogP contribution in [0.3, 0.4) is 0 Å². The van der Waals surface area contributed by atoms with Crippen molar-refractivity contribution in [3.63, 3.8) is 0 Å². The van der Waals surface area contributed by atoms with E-state index < -0.39 is 0 Å². The monoisotopic (exact) mass is 237 g/mol. The van der Waals surface area contributed by atoms with Gasteiger partial charge in [-0.05, 0) is 24.6 Å². The van der Waals surface area contributed by atoms with Gasteiger partial charge in [-0.3, -0.25) is 0 Å². The van der Waals surface area contributed by atoms with Crippen molar-refractivity contribution >= 4 is 11.8 Å². The minimum atomic E-state index is 0.368. The molecule has 0 amide bonds. The van der Waals surface area contributed by atoms with Gasteiger partial charge in [0.15, 0.2) is 0 Å². The van der Waals surface area contributed by atoms with Gasteiger partial charge in [0.05, 0.1) is 0 Å². The number of rotatable bonds is 4. The summed E-state index contributed by atoms with van der Waals surface area (Å²) in [6, 6.07) is 21.2. The molecule has 0 aliphatic heterocycles. The number of likely N-dealkylation sites (N-methyl/N-ethyl adjacent to an activating group) is 1. The van der Waals surface area contributed by atoms with Crippen molar-refractivity contribution in [2.75, 3.05) is 11.9 Å². The first kappa shape index (κ1) is 12.4. The lowest BCUT2D eigenvalue weighted by Gasteiger charge is -2.24. The molecule has 2 rings (SSSR count). The van der Waals surface area contributed by atoms with Crippen LogP contribution < -0.4 is 4.90 Å². The van der Waals surface area contributed by atoms with Crippen LogP contribution in [-0.2, 0) is 0 Å². The van der Waals surface area contributed by atoms with E-state index in [0.29, 0.717) is 6.04 Å². The summed E-state index contributed by atoms with van der Waals surface area (Å²) in [6.07, 6.45) is 4.40. The van der Waals surface area contributed by atoms with Gasteiger partial charge in [0.2, 0.25) is 0 Å². The number of hydrogen-bond donors (Lipinski definition) is 0. The summed E-state index contributed by atoms with van der Waals surface area (Å²) in [5.41, 5.74) is 2.48. The minimum absolute atomic E-state index is 0.368. The van der Waals surface area contributed by atoms with E-state index in [1.807, 2.05) is 12.1 Å². The predicted molar refractivity (Wildman–Crippen MR) is 79.8 cm³/mol. The lowest BCUT2D eigenvalue weighted by Crippen LogP contribution is -2.26. The van der Waals surface area contributed by atoms with E-state index in [2.05, 4.69) is 79.6 Å². The highest BCUT2D eigenvalue weighted by molar-refractivity contribution is 5.53. The van der Waals surface area contributed by atoms with Gasteiger partial charge in [0.1, 0.15) is 0 Å². The van der Waals surface area contributed by atoms with E-state index in [0.717, 1.165) is 0 Å². The molecule has 1 heteroatoms. The summed E-state index contributed by atoms with van der Waals surface area (Å²) >= 11 is 0. The second-order valence-electron chi connectivity index (χ2n) is 4.46. The van der Waals surface area contributed by atoms with Crippen LogP contribution in [0.1, 0.15) is 12.5 Å². The molecule has 0 heterocycles. The van der Waals surface area contributed by atoms with Gasteiger partial charge < -0.3 is 4.90 Å². The van der Waals surface area contributed by atoms with Gasteiger partial charge in [-0.2, -0.15) is 0 Å². The second-order valence-corrected chi connectivity index (χ2v) is 4.46. The first-order valence-electron chi connectivity index (χ1n) is 6.28. The molecule has 0 fully saturated rings. The Morgan fingerprint density at radius 2 is 1.44 bits per heavy atom. The molecule has 0 aromatic heterocycles. The molecule has 1 unspecified atom stereocenters. The SMILES string of the molecule is CC(C=Cc1ccccc1)N(C)c1ccccc1. The Morgan fingerprint density at radius 1 is 0.889 bits per heavy atom. The van der Waals surface area contributed by atoms with E-state index >= 15 is 0 Å². The van der Waals surface area contributed by atoms with E-state index in [-0.39, 0.29) is 0 Å². The predicted octanol–water partition coefficient (Wildman–Crippen LogP) is 4.22. The van der Waals surface area contributed by atoms with Gasteiger partial charge in [0.25, 0.3) is 0 Å². The smallest absolute Gasteiger partial charge is 0.0444 e. The maximum Gasteiger partial charge on any atom is 0.0444 e. The Hall–Kier alpha value is -2.02. The molecule has 2 aromatic rings. The van der Waals surface area contributed by atoms with Crippen LogP contribution in [-0.4, -0.2) is 13.1 Å². The van der Waals surface area contributed by atoms with E-state index in [4.69, 9.17) is 0 Å². The quantitative estimate of drug-likeness (QED) is 0.769. The average molecular weight is 237 g/mol. The zero-order valence-corrected chi connectivity index (χ0v) is 11.0. The molecule has 0 spiro atoms. The lowest BCUT2D eigenvalue weighted by molar-refractivity contribution is 0.826. The van der Waals surface area contributed by atoms with Crippen LogP contribution in [0.15, 0.2) is 66.7 Å². The number of benzene rings is 2. The van der Waals surface area contributed by atoms with Gasteiger partial charge in [-0.25, -0.2) is 0 Å². The lowest BCUT2D eigenvalue weighted by atomic mass is 10.1. The zero-order valence-electron chi connectivity index (χ0n) is 11.0. The third-order valence-electron chi connectivity index (χ3n) is 3.14. The first-order chi connectivity index (χ1) is 8.77. The summed E-state index contributed by atoms with van der Waals surface area (Å²) in [4.78, 5) is 2.26. The molecule has 0 radical (unpaired) electrons. The maximum absolute atomic E-state index is 2.26. The third-order valence-corrected chi connectivity index (χ3v) is 3.14. The Bertz CT molecular complexity index is 488. The summed E-state index contributed by atoms with van der Waals surface area (Å²) in [7, 11) is 2.12. The number of para-hydroxylation sites is 1. The van der Waals surface area contributed by atoms with Crippen LogP contribution in [0.25, 0.3) is 6.08 Å². The van der Waals surface area contributed by atoms with Crippen LogP contribution in [0, 0.1) is 0 Å². The van der Waals surface area contributed by atoms with Crippen molar-refractivity contribution in [3.8, 4) is 0 Å². The molecule has 0 bridgehead atoms. The van der Waals surface area contributed by atoms with Crippen molar-refractivity contribution in [2.45, 2.75) is 13.0 Å². The fourth-order valence-corrected chi connectivity index (χ4v) is 1.84. The summed E-state index contributed by atoms with van der Waals surface area (Å²) in [6.45, 7) is 2.20. The largest absolute Gasteiger partial charge is 0.368 e. The summed E-state index contributed by atoms with van der Waals surface area (Å²) < 4.78 is 0. The normalized spacial score (nSPS) is 12.6. The summed E-state index contributed by atoms with van der Waals surface area (Å²) in [5, 5.41) is 0. The van der Waals surface area contributed by atoms with E-state index in [9.17, 15) is 0 Å². The molecule has 2 aromatic carbocycles. The van der Waals surface area contributed by atoms with Gasteiger partial charge in [0, 0.05) is 18.8 Å². The standard InChI is InChI=1S/C17H19N/c1-15(13-14-16-9-5-3-6-10-16)18(2)17-11-7-4-8-12-17/h3-15H,1-2H3. The molecular weight excluding hydrogens is 218 g/mol. The van der Waals surface area contributed by atoms with Crippen LogP contribution in [0.5, 0.6) is 0 Å². The fourth-order valence-electron chi connectivity index (χ4n) is 1.84. The highest BCUT2D eigenvalue weighted by Gasteiger charge is 2.05. The molecule has 0 aliphatic carbocycles. The van der Waals surface area contributed by atoms with Gasteiger partial charge >= 0.3 is 0 Å². The molecule has 1 nitrogen and oxygen atoms in total. The highest BCUT2D eigenvalue weighted by atomic mass is 15.1.